The molecule has 1 aliphatic heterocycles. The lowest BCUT2D eigenvalue weighted by molar-refractivity contribution is 0.0708. The van der Waals surface area contributed by atoms with Crippen LogP contribution in [-0.4, -0.2) is 48.3 Å². The zero-order chi connectivity index (χ0) is 19.4. The van der Waals surface area contributed by atoms with Crippen molar-refractivity contribution < 1.29 is 17.6 Å². The minimum Gasteiger partial charge on any atom is -0.366 e. The molecule has 6 nitrogen and oxygen atoms in total. The van der Waals surface area contributed by atoms with Crippen molar-refractivity contribution in [2.45, 2.75) is 25.9 Å². The Bertz CT molecular complexity index is 916. The maximum absolute atomic E-state index is 13.6. The van der Waals surface area contributed by atoms with Crippen LogP contribution in [0.5, 0.6) is 0 Å². The fourth-order valence-corrected chi connectivity index (χ4v) is 4.94. The second-order valence-corrected chi connectivity index (χ2v) is 8.75. The van der Waals surface area contributed by atoms with Crippen molar-refractivity contribution in [2.75, 3.05) is 23.4 Å². The van der Waals surface area contributed by atoms with E-state index in [-0.39, 0.29) is 35.8 Å². The Kier molecular flexibility index (Phi) is 5.74. The summed E-state index contributed by atoms with van der Waals surface area (Å²) < 4.78 is 37.0. The van der Waals surface area contributed by atoms with Gasteiger partial charge in [0.15, 0.2) is 9.84 Å². The molecular formula is C19H22FN3O3S. The van der Waals surface area contributed by atoms with E-state index in [1.165, 1.54) is 12.3 Å². The predicted octanol–water partition coefficient (Wildman–Crippen LogP) is 2.48. The van der Waals surface area contributed by atoms with Gasteiger partial charge in [-0.05, 0) is 31.5 Å². The van der Waals surface area contributed by atoms with Gasteiger partial charge in [-0.25, -0.2) is 17.8 Å². The van der Waals surface area contributed by atoms with E-state index in [0.29, 0.717) is 29.9 Å². The van der Waals surface area contributed by atoms with E-state index in [2.05, 4.69) is 10.3 Å². The number of pyridine rings is 1. The molecular weight excluding hydrogens is 369 g/mol. The molecule has 1 fully saturated rings. The molecule has 1 aromatic heterocycles. The van der Waals surface area contributed by atoms with Gasteiger partial charge in [0.2, 0.25) is 0 Å². The monoisotopic (exact) mass is 391 g/mol. The highest BCUT2D eigenvalue weighted by atomic mass is 32.2. The van der Waals surface area contributed by atoms with Crippen LogP contribution in [0.2, 0.25) is 0 Å². The fourth-order valence-electron chi connectivity index (χ4n) is 3.21. The number of halogens is 1. The van der Waals surface area contributed by atoms with Crippen molar-refractivity contribution in [2.24, 2.45) is 0 Å². The van der Waals surface area contributed by atoms with Gasteiger partial charge in [0.25, 0.3) is 5.91 Å². The molecule has 1 atom stereocenters. The average molecular weight is 391 g/mol. The lowest BCUT2D eigenvalue weighted by Gasteiger charge is -2.26. The summed E-state index contributed by atoms with van der Waals surface area (Å²) in [5.74, 6) is 0.150. The number of hydrogen-bond acceptors (Lipinski definition) is 5. The van der Waals surface area contributed by atoms with Crippen molar-refractivity contribution in [3.05, 3.63) is 59.5 Å². The first-order chi connectivity index (χ1) is 12.9. The van der Waals surface area contributed by atoms with Crippen molar-refractivity contribution in [3.63, 3.8) is 0 Å². The molecule has 1 saturated heterocycles. The summed E-state index contributed by atoms with van der Waals surface area (Å²) in [5.41, 5.74) is 0.927. The van der Waals surface area contributed by atoms with E-state index in [0.717, 1.165) is 0 Å². The Hall–Kier alpha value is -2.48. The van der Waals surface area contributed by atoms with Gasteiger partial charge < -0.3 is 10.2 Å². The number of amides is 1. The van der Waals surface area contributed by atoms with Gasteiger partial charge in [0, 0.05) is 30.9 Å². The SMILES string of the molecule is CCN(C(=O)c1ccc(NCc2ccccc2F)nc1)C1CCS(=O)(=O)C1. The van der Waals surface area contributed by atoms with Gasteiger partial charge in [-0.1, -0.05) is 18.2 Å². The van der Waals surface area contributed by atoms with E-state index in [1.807, 2.05) is 6.92 Å². The summed E-state index contributed by atoms with van der Waals surface area (Å²) in [4.78, 5) is 18.5. The quantitative estimate of drug-likeness (QED) is 0.818. The zero-order valence-corrected chi connectivity index (χ0v) is 15.9. The molecule has 0 spiro atoms. The van der Waals surface area contributed by atoms with E-state index in [1.54, 1.807) is 35.2 Å². The summed E-state index contributed by atoms with van der Waals surface area (Å²) in [5, 5.41) is 3.02. The number of sulfone groups is 1. The number of aromatic nitrogens is 1. The van der Waals surface area contributed by atoms with Gasteiger partial charge in [-0.15, -0.1) is 0 Å². The fraction of sp³-hybridized carbons (Fsp3) is 0.368. The second-order valence-electron chi connectivity index (χ2n) is 6.53. The van der Waals surface area contributed by atoms with E-state index in [4.69, 9.17) is 0 Å². The lowest BCUT2D eigenvalue weighted by atomic mass is 10.1. The van der Waals surface area contributed by atoms with Crippen molar-refractivity contribution in [3.8, 4) is 0 Å². The molecule has 1 unspecified atom stereocenters. The van der Waals surface area contributed by atoms with E-state index >= 15 is 0 Å². The van der Waals surface area contributed by atoms with Gasteiger partial charge >= 0.3 is 0 Å². The van der Waals surface area contributed by atoms with Crippen LogP contribution >= 0.6 is 0 Å². The summed E-state index contributed by atoms with van der Waals surface area (Å²) in [6.07, 6.45) is 1.93. The van der Waals surface area contributed by atoms with Gasteiger partial charge in [0.05, 0.1) is 17.1 Å². The minimum atomic E-state index is -3.06. The first-order valence-corrected chi connectivity index (χ1v) is 10.7. The summed E-state index contributed by atoms with van der Waals surface area (Å²) in [6.45, 7) is 2.56. The Morgan fingerprint density at radius 3 is 2.67 bits per heavy atom. The van der Waals surface area contributed by atoms with E-state index in [9.17, 15) is 17.6 Å². The Morgan fingerprint density at radius 2 is 2.07 bits per heavy atom. The van der Waals surface area contributed by atoms with Crippen LogP contribution < -0.4 is 5.32 Å². The average Bonchev–Trinajstić information content (AvgIpc) is 3.01. The van der Waals surface area contributed by atoms with Crippen LogP contribution in [0.3, 0.4) is 0 Å². The number of rotatable bonds is 6. The molecule has 1 aliphatic rings. The van der Waals surface area contributed by atoms with Crippen molar-refractivity contribution >= 4 is 21.6 Å². The molecule has 0 aliphatic carbocycles. The first kappa shape index (κ1) is 19.3. The van der Waals surface area contributed by atoms with Gasteiger partial charge in [-0.3, -0.25) is 4.79 Å². The summed E-state index contributed by atoms with van der Waals surface area (Å²) in [7, 11) is -3.06. The maximum atomic E-state index is 13.6. The molecule has 1 aromatic carbocycles. The third-order valence-electron chi connectivity index (χ3n) is 4.68. The number of anilines is 1. The highest BCUT2D eigenvalue weighted by molar-refractivity contribution is 7.91. The molecule has 2 aromatic rings. The largest absolute Gasteiger partial charge is 0.366 e. The molecule has 0 saturated carbocycles. The molecule has 27 heavy (non-hydrogen) atoms. The van der Waals surface area contributed by atoms with Crippen molar-refractivity contribution in [1.29, 1.82) is 0 Å². The molecule has 2 heterocycles. The molecule has 0 bridgehead atoms. The van der Waals surface area contributed by atoms with Gasteiger partial charge in [-0.2, -0.15) is 0 Å². The molecule has 3 rings (SSSR count). The van der Waals surface area contributed by atoms with Crippen LogP contribution in [0.25, 0.3) is 0 Å². The number of carbonyl (C=O) groups excluding carboxylic acids is 1. The highest BCUT2D eigenvalue weighted by Crippen LogP contribution is 2.20. The summed E-state index contributed by atoms with van der Waals surface area (Å²) >= 11 is 0. The maximum Gasteiger partial charge on any atom is 0.255 e. The zero-order valence-electron chi connectivity index (χ0n) is 15.1. The number of benzene rings is 1. The Labute approximate surface area is 158 Å². The third kappa shape index (κ3) is 4.63. The molecule has 8 heteroatoms. The second kappa shape index (κ2) is 8.04. The van der Waals surface area contributed by atoms with Gasteiger partial charge in [0.1, 0.15) is 11.6 Å². The Morgan fingerprint density at radius 1 is 1.30 bits per heavy atom. The molecule has 1 N–H and O–H groups in total. The van der Waals surface area contributed by atoms with Crippen LogP contribution in [0.4, 0.5) is 10.2 Å². The summed E-state index contributed by atoms with van der Waals surface area (Å²) in [6, 6.07) is 9.50. The van der Waals surface area contributed by atoms with Crippen LogP contribution in [0.1, 0.15) is 29.3 Å². The smallest absolute Gasteiger partial charge is 0.255 e. The molecule has 144 valence electrons. The number of nitrogens with zero attached hydrogens (tertiary/aromatic N) is 2. The van der Waals surface area contributed by atoms with Crippen LogP contribution in [0, 0.1) is 5.82 Å². The standard InChI is InChI=1S/C19H22FN3O3S/c1-2-23(16-9-10-27(25,26)13-16)19(24)15-7-8-18(22-12-15)21-11-14-5-3-4-6-17(14)20/h3-8,12,16H,2,9-11,13H2,1H3,(H,21,22). The normalized spacial score (nSPS) is 18.2. The van der Waals surface area contributed by atoms with E-state index < -0.39 is 9.84 Å². The number of hydrogen-bond donors (Lipinski definition) is 1. The number of carbonyl (C=O) groups is 1. The Balaban J connectivity index is 1.65. The van der Waals surface area contributed by atoms with Crippen LogP contribution in [-0.2, 0) is 16.4 Å². The minimum absolute atomic E-state index is 0.0162. The van der Waals surface area contributed by atoms with Crippen molar-refractivity contribution in [1.82, 2.24) is 9.88 Å². The third-order valence-corrected chi connectivity index (χ3v) is 6.43. The molecule has 0 radical (unpaired) electrons. The van der Waals surface area contributed by atoms with Crippen LogP contribution in [0.15, 0.2) is 42.6 Å². The topological polar surface area (TPSA) is 79.4 Å². The number of nitrogens with one attached hydrogen (secondary N) is 1. The highest BCUT2D eigenvalue weighted by Gasteiger charge is 2.34. The molecule has 1 amide bonds. The first-order valence-electron chi connectivity index (χ1n) is 8.84. The predicted molar refractivity (Wildman–Crippen MR) is 102 cm³/mol. The lowest BCUT2D eigenvalue weighted by Crippen LogP contribution is -2.41.